The summed E-state index contributed by atoms with van der Waals surface area (Å²) in [6.07, 6.45) is 1.81. The van der Waals surface area contributed by atoms with Crippen LogP contribution in [0, 0.1) is 0 Å². The molecule has 1 amide bonds. The van der Waals surface area contributed by atoms with Crippen molar-refractivity contribution in [2.45, 2.75) is 6.92 Å². The van der Waals surface area contributed by atoms with Crippen molar-refractivity contribution in [1.82, 2.24) is 0 Å². The van der Waals surface area contributed by atoms with Gasteiger partial charge in [-0.1, -0.05) is 18.2 Å². The number of carbonyl (C=O) groups is 2. The lowest BCUT2D eigenvalue weighted by Gasteiger charge is -2.28. The van der Waals surface area contributed by atoms with Crippen LogP contribution in [-0.2, 0) is 9.53 Å². The SMILES string of the molecule is CC1=NN(c2cccc(C(=O)O)c2)C(=O)/C1=C\c1ccc(N2CCOCC2)cc1. The fraction of sp³-hybridized carbons (Fsp3) is 0.227. The number of rotatable bonds is 4. The van der Waals surface area contributed by atoms with E-state index in [1.165, 1.54) is 17.1 Å². The van der Waals surface area contributed by atoms with Gasteiger partial charge < -0.3 is 14.7 Å². The number of carbonyl (C=O) groups excluding carboxylic acids is 1. The van der Waals surface area contributed by atoms with Gasteiger partial charge in [0.1, 0.15) is 0 Å². The largest absolute Gasteiger partial charge is 0.478 e. The number of hydrogen-bond acceptors (Lipinski definition) is 5. The van der Waals surface area contributed by atoms with Crippen LogP contribution in [0.4, 0.5) is 11.4 Å². The maximum absolute atomic E-state index is 12.9. The predicted octanol–water partition coefficient (Wildman–Crippen LogP) is 3.03. The van der Waals surface area contributed by atoms with E-state index in [9.17, 15) is 14.7 Å². The monoisotopic (exact) mass is 391 g/mol. The summed E-state index contributed by atoms with van der Waals surface area (Å²) in [5, 5.41) is 14.7. The van der Waals surface area contributed by atoms with Crippen LogP contribution in [-0.4, -0.2) is 49.0 Å². The number of nitrogens with zero attached hydrogens (tertiary/aromatic N) is 3. The zero-order chi connectivity index (χ0) is 20.4. The summed E-state index contributed by atoms with van der Waals surface area (Å²) in [4.78, 5) is 26.4. The summed E-state index contributed by atoms with van der Waals surface area (Å²) >= 11 is 0. The Labute approximate surface area is 168 Å². The lowest BCUT2D eigenvalue weighted by Crippen LogP contribution is -2.36. The number of hydrazone groups is 1. The van der Waals surface area contributed by atoms with Crippen molar-refractivity contribution in [3.8, 4) is 0 Å². The molecule has 7 nitrogen and oxygen atoms in total. The van der Waals surface area contributed by atoms with E-state index < -0.39 is 5.97 Å². The maximum atomic E-state index is 12.9. The Kier molecular flexibility index (Phi) is 5.14. The normalized spacial score (nSPS) is 18.3. The fourth-order valence-electron chi connectivity index (χ4n) is 3.40. The van der Waals surface area contributed by atoms with Gasteiger partial charge in [0.15, 0.2) is 0 Å². The number of morpholine rings is 1. The number of amides is 1. The molecular formula is C22H21N3O4. The molecule has 0 aliphatic carbocycles. The van der Waals surface area contributed by atoms with Crippen LogP contribution in [0.5, 0.6) is 0 Å². The van der Waals surface area contributed by atoms with Gasteiger partial charge in [0.25, 0.3) is 5.91 Å². The van der Waals surface area contributed by atoms with E-state index in [1.807, 2.05) is 30.3 Å². The lowest BCUT2D eigenvalue weighted by molar-refractivity contribution is -0.114. The van der Waals surface area contributed by atoms with Crippen molar-refractivity contribution in [3.05, 3.63) is 65.2 Å². The first-order valence-electron chi connectivity index (χ1n) is 9.41. The van der Waals surface area contributed by atoms with E-state index in [-0.39, 0.29) is 11.5 Å². The van der Waals surface area contributed by atoms with Gasteiger partial charge in [0.2, 0.25) is 0 Å². The molecule has 2 aliphatic rings. The second-order valence-corrected chi connectivity index (χ2v) is 6.91. The molecule has 0 unspecified atom stereocenters. The van der Waals surface area contributed by atoms with E-state index in [4.69, 9.17) is 4.74 Å². The molecule has 4 rings (SSSR count). The Morgan fingerprint density at radius 3 is 2.52 bits per heavy atom. The zero-order valence-electron chi connectivity index (χ0n) is 16.0. The molecule has 148 valence electrons. The molecule has 2 aromatic carbocycles. The highest BCUT2D eigenvalue weighted by Gasteiger charge is 2.29. The van der Waals surface area contributed by atoms with Crippen molar-refractivity contribution < 1.29 is 19.4 Å². The summed E-state index contributed by atoms with van der Waals surface area (Å²) in [5.74, 6) is -1.32. The molecule has 2 aromatic rings. The summed E-state index contributed by atoms with van der Waals surface area (Å²) in [5.41, 5.74) is 3.66. The molecule has 1 fully saturated rings. The van der Waals surface area contributed by atoms with Crippen LogP contribution in [0.25, 0.3) is 6.08 Å². The van der Waals surface area contributed by atoms with Gasteiger partial charge in [-0.15, -0.1) is 0 Å². The minimum absolute atomic E-state index is 0.110. The molecule has 0 atom stereocenters. The quantitative estimate of drug-likeness (QED) is 0.810. The molecule has 2 heterocycles. The molecule has 0 saturated carbocycles. The van der Waals surface area contributed by atoms with Crippen molar-refractivity contribution in [3.63, 3.8) is 0 Å². The number of benzene rings is 2. The molecule has 29 heavy (non-hydrogen) atoms. The Morgan fingerprint density at radius 2 is 1.83 bits per heavy atom. The Hall–Kier alpha value is -3.45. The molecule has 7 heteroatoms. The second kappa shape index (κ2) is 7.89. The van der Waals surface area contributed by atoms with Gasteiger partial charge in [-0.05, 0) is 48.9 Å². The molecule has 1 saturated heterocycles. The number of aromatic carboxylic acids is 1. The standard InChI is InChI=1S/C22H21N3O4/c1-15-20(13-16-5-7-18(8-6-16)24-9-11-29-12-10-24)21(26)25(23-15)19-4-2-3-17(14-19)22(27)28/h2-8,13-14H,9-12H2,1H3,(H,27,28)/b20-13-. The van der Waals surface area contributed by atoms with Crippen molar-refractivity contribution in [1.29, 1.82) is 0 Å². The average Bonchev–Trinajstić information content (AvgIpc) is 3.03. The number of anilines is 2. The second-order valence-electron chi connectivity index (χ2n) is 6.91. The number of ether oxygens (including phenoxy) is 1. The maximum Gasteiger partial charge on any atom is 0.335 e. The minimum atomic E-state index is -1.05. The van der Waals surface area contributed by atoms with Crippen LogP contribution < -0.4 is 9.91 Å². The van der Waals surface area contributed by atoms with Crippen LogP contribution >= 0.6 is 0 Å². The molecule has 0 spiro atoms. The molecule has 0 bridgehead atoms. The number of carboxylic acid groups (broad SMARTS) is 1. The smallest absolute Gasteiger partial charge is 0.335 e. The predicted molar refractivity (Wildman–Crippen MR) is 111 cm³/mol. The number of hydrogen-bond donors (Lipinski definition) is 1. The van der Waals surface area contributed by atoms with E-state index >= 15 is 0 Å². The average molecular weight is 391 g/mol. The third-order valence-electron chi connectivity index (χ3n) is 4.98. The van der Waals surface area contributed by atoms with Crippen LogP contribution in [0.3, 0.4) is 0 Å². The Balaban J connectivity index is 1.55. The third kappa shape index (κ3) is 3.90. The third-order valence-corrected chi connectivity index (χ3v) is 4.98. The van der Waals surface area contributed by atoms with Crippen LogP contribution in [0.1, 0.15) is 22.8 Å². The highest BCUT2D eigenvalue weighted by Crippen LogP contribution is 2.26. The molecule has 1 N–H and O–H groups in total. The summed E-state index contributed by atoms with van der Waals surface area (Å²) in [6, 6.07) is 14.2. The van der Waals surface area contributed by atoms with E-state index in [1.54, 1.807) is 19.1 Å². The molecule has 0 radical (unpaired) electrons. The topological polar surface area (TPSA) is 82.4 Å². The lowest BCUT2D eigenvalue weighted by atomic mass is 10.1. The van der Waals surface area contributed by atoms with Gasteiger partial charge >= 0.3 is 5.97 Å². The fourth-order valence-corrected chi connectivity index (χ4v) is 3.40. The van der Waals surface area contributed by atoms with E-state index in [2.05, 4.69) is 10.0 Å². The molecule has 2 aliphatic heterocycles. The summed E-state index contributed by atoms with van der Waals surface area (Å²) in [6.45, 7) is 4.97. The summed E-state index contributed by atoms with van der Waals surface area (Å²) < 4.78 is 5.39. The van der Waals surface area contributed by atoms with Crippen LogP contribution in [0.2, 0.25) is 0 Å². The van der Waals surface area contributed by atoms with E-state index in [0.29, 0.717) is 17.0 Å². The van der Waals surface area contributed by atoms with Crippen molar-refractivity contribution >= 4 is 35.0 Å². The number of carboxylic acids is 1. The zero-order valence-corrected chi connectivity index (χ0v) is 16.0. The first-order chi connectivity index (χ1) is 14.0. The first-order valence-corrected chi connectivity index (χ1v) is 9.41. The van der Waals surface area contributed by atoms with Crippen molar-refractivity contribution in [2.24, 2.45) is 5.10 Å². The van der Waals surface area contributed by atoms with Gasteiger partial charge in [0, 0.05) is 18.8 Å². The van der Waals surface area contributed by atoms with Crippen molar-refractivity contribution in [2.75, 3.05) is 36.2 Å². The van der Waals surface area contributed by atoms with Crippen LogP contribution in [0.15, 0.2) is 59.2 Å². The highest BCUT2D eigenvalue weighted by atomic mass is 16.5. The van der Waals surface area contributed by atoms with E-state index in [0.717, 1.165) is 37.6 Å². The van der Waals surface area contributed by atoms with Gasteiger partial charge in [-0.25, -0.2) is 4.79 Å². The van der Waals surface area contributed by atoms with Gasteiger partial charge in [-0.2, -0.15) is 10.1 Å². The Morgan fingerprint density at radius 1 is 1.10 bits per heavy atom. The molecule has 0 aromatic heterocycles. The van der Waals surface area contributed by atoms with Gasteiger partial charge in [-0.3, -0.25) is 4.79 Å². The van der Waals surface area contributed by atoms with Gasteiger partial charge in [0.05, 0.1) is 35.7 Å². The summed E-state index contributed by atoms with van der Waals surface area (Å²) in [7, 11) is 0. The first kappa shape index (κ1) is 18.9. The minimum Gasteiger partial charge on any atom is -0.478 e. The highest BCUT2D eigenvalue weighted by molar-refractivity contribution is 6.32. The molecular weight excluding hydrogens is 370 g/mol. The Bertz CT molecular complexity index is 1000.